The Kier molecular flexibility index (Phi) is 8.03. The van der Waals surface area contributed by atoms with Crippen LogP contribution in [0.5, 0.6) is 5.75 Å². The van der Waals surface area contributed by atoms with Gasteiger partial charge in [0, 0.05) is 30.8 Å². The molecule has 1 aromatic carbocycles. The van der Waals surface area contributed by atoms with Crippen molar-refractivity contribution in [2.24, 2.45) is 5.92 Å². The van der Waals surface area contributed by atoms with Gasteiger partial charge in [-0.25, -0.2) is 9.97 Å². The molecule has 8 heteroatoms. The van der Waals surface area contributed by atoms with Crippen LogP contribution < -0.4 is 15.0 Å². The van der Waals surface area contributed by atoms with Crippen LogP contribution in [-0.4, -0.2) is 59.6 Å². The van der Waals surface area contributed by atoms with Crippen LogP contribution in [-0.2, 0) is 0 Å². The summed E-state index contributed by atoms with van der Waals surface area (Å²) in [6.07, 6.45) is 3.02. The molecule has 1 aliphatic heterocycles. The fourth-order valence-electron chi connectivity index (χ4n) is 4.81. The molecule has 1 aliphatic rings. The summed E-state index contributed by atoms with van der Waals surface area (Å²) >= 11 is 0. The monoisotopic (exact) mass is 479 g/mol. The molecule has 2 atom stereocenters. The predicted molar refractivity (Wildman–Crippen MR) is 138 cm³/mol. The third kappa shape index (κ3) is 5.65. The number of aromatic nitrogens is 3. The molecule has 3 heterocycles. The summed E-state index contributed by atoms with van der Waals surface area (Å²) in [4.78, 5) is 12.5. The zero-order valence-corrected chi connectivity index (χ0v) is 21.5. The molecule has 35 heavy (non-hydrogen) atoms. The summed E-state index contributed by atoms with van der Waals surface area (Å²) in [5, 5.41) is 17.1. The molecular weight excluding hydrogens is 442 g/mol. The Morgan fingerprint density at radius 1 is 1.26 bits per heavy atom. The summed E-state index contributed by atoms with van der Waals surface area (Å²) in [6.45, 7) is 10.9. The quantitative estimate of drug-likeness (QED) is 0.469. The second-order valence-corrected chi connectivity index (χ2v) is 9.46. The van der Waals surface area contributed by atoms with E-state index in [9.17, 15) is 5.11 Å². The van der Waals surface area contributed by atoms with Crippen LogP contribution in [0.3, 0.4) is 0 Å². The number of likely N-dealkylation sites (N-methyl/N-ethyl adjacent to an activating group) is 1. The molecule has 0 radical (unpaired) electrons. The predicted octanol–water partition coefficient (Wildman–Crippen LogP) is 4.31. The molecule has 8 nitrogen and oxygen atoms in total. The first-order chi connectivity index (χ1) is 16.9. The van der Waals surface area contributed by atoms with E-state index in [-0.39, 0.29) is 6.61 Å². The first kappa shape index (κ1) is 25.1. The number of aliphatic hydroxyl groups is 1. The van der Waals surface area contributed by atoms with Gasteiger partial charge in [-0.2, -0.15) is 0 Å². The van der Waals surface area contributed by atoms with Gasteiger partial charge in [0.1, 0.15) is 30.0 Å². The average Bonchev–Trinajstić information content (AvgIpc) is 3.21. The van der Waals surface area contributed by atoms with Crippen molar-refractivity contribution in [3.63, 3.8) is 0 Å². The highest BCUT2D eigenvalue weighted by molar-refractivity contribution is 5.75. The van der Waals surface area contributed by atoms with Crippen LogP contribution in [0, 0.1) is 26.7 Å². The third-order valence-electron chi connectivity index (χ3n) is 6.76. The molecular formula is C27H37N5O3. The van der Waals surface area contributed by atoms with E-state index >= 15 is 0 Å². The molecule has 1 saturated heterocycles. The van der Waals surface area contributed by atoms with E-state index in [1.165, 1.54) is 12.8 Å². The van der Waals surface area contributed by atoms with Gasteiger partial charge in [-0.05, 0) is 58.7 Å². The maximum absolute atomic E-state index is 10.0. The molecule has 0 spiro atoms. The number of aliphatic hydroxyl groups excluding tert-OH is 1. The van der Waals surface area contributed by atoms with Crippen molar-refractivity contribution in [2.45, 2.75) is 53.1 Å². The van der Waals surface area contributed by atoms with E-state index in [0.29, 0.717) is 24.0 Å². The van der Waals surface area contributed by atoms with Gasteiger partial charge in [0.15, 0.2) is 5.82 Å². The van der Waals surface area contributed by atoms with Crippen LogP contribution in [0.1, 0.15) is 43.2 Å². The Balaban J connectivity index is 1.76. The van der Waals surface area contributed by atoms with Gasteiger partial charge >= 0.3 is 0 Å². The van der Waals surface area contributed by atoms with Gasteiger partial charge in [0.05, 0.1) is 17.0 Å². The maximum Gasteiger partial charge on any atom is 0.162 e. The van der Waals surface area contributed by atoms with Gasteiger partial charge < -0.3 is 24.6 Å². The normalized spacial score (nSPS) is 17.0. The zero-order chi connectivity index (χ0) is 24.9. The van der Waals surface area contributed by atoms with E-state index in [2.05, 4.69) is 29.2 Å². The van der Waals surface area contributed by atoms with Gasteiger partial charge in [0.2, 0.25) is 0 Å². The minimum absolute atomic E-state index is 0.209. The number of piperidine rings is 1. The molecule has 0 aliphatic carbocycles. The Labute approximate surface area is 207 Å². The highest BCUT2D eigenvalue weighted by Gasteiger charge is 2.26. The Bertz CT molecular complexity index is 1130. The van der Waals surface area contributed by atoms with Crippen LogP contribution in [0.2, 0.25) is 0 Å². The molecule has 0 saturated carbocycles. The van der Waals surface area contributed by atoms with Crippen molar-refractivity contribution in [3.05, 3.63) is 41.3 Å². The molecule has 2 N–H and O–H groups in total. The molecule has 1 fully saturated rings. The summed E-state index contributed by atoms with van der Waals surface area (Å²) in [5.41, 5.74) is 4.52. The largest absolute Gasteiger partial charge is 0.491 e. The second kappa shape index (κ2) is 11.2. The Morgan fingerprint density at radius 2 is 2.09 bits per heavy atom. The van der Waals surface area contributed by atoms with Crippen LogP contribution in [0.25, 0.3) is 22.6 Å². The van der Waals surface area contributed by atoms with Crippen LogP contribution in [0.15, 0.2) is 28.8 Å². The van der Waals surface area contributed by atoms with E-state index in [0.717, 1.165) is 59.2 Å². The van der Waals surface area contributed by atoms with Gasteiger partial charge in [0.25, 0.3) is 0 Å². The Morgan fingerprint density at radius 3 is 2.80 bits per heavy atom. The molecule has 188 valence electrons. The number of nitrogens with zero attached hydrogens (tertiary/aromatic N) is 4. The van der Waals surface area contributed by atoms with E-state index in [4.69, 9.17) is 19.2 Å². The lowest BCUT2D eigenvalue weighted by molar-refractivity contribution is 0.108. The molecule has 3 aromatic rings. The van der Waals surface area contributed by atoms with Crippen molar-refractivity contribution in [2.75, 3.05) is 38.2 Å². The van der Waals surface area contributed by atoms with Gasteiger partial charge in [-0.15, -0.1) is 0 Å². The summed E-state index contributed by atoms with van der Waals surface area (Å²) in [5.74, 6) is 3.71. The van der Waals surface area contributed by atoms with E-state index in [1.807, 2.05) is 38.1 Å². The van der Waals surface area contributed by atoms with Crippen molar-refractivity contribution >= 4 is 5.82 Å². The number of hydrogen-bond donors (Lipinski definition) is 2. The van der Waals surface area contributed by atoms with Gasteiger partial charge in [-0.1, -0.05) is 30.6 Å². The lowest BCUT2D eigenvalue weighted by Gasteiger charge is -2.34. The van der Waals surface area contributed by atoms with Crippen LogP contribution in [0.4, 0.5) is 5.82 Å². The first-order valence-corrected chi connectivity index (χ1v) is 12.5. The van der Waals surface area contributed by atoms with Gasteiger partial charge in [-0.3, -0.25) is 0 Å². The Hall–Kier alpha value is -2.97. The molecule has 1 unspecified atom stereocenters. The second-order valence-electron chi connectivity index (χ2n) is 9.46. The minimum Gasteiger partial charge on any atom is -0.491 e. The summed E-state index contributed by atoms with van der Waals surface area (Å²) in [6, 6.07) is 7.74. The number of hydrogen-bond acceptors (Lipinski definition) is 8. The molecule has 2 aromatic heterocycles. The number of nitrogens with one attached hydrogen (secondary N) is 1. The fourth-order valence-corrected chi connectivity index (χ4v) is 4.81. The lowest BCUT2D eigenvalue weighted by atomic mass is 9.95. The number of rotatable bonds is 9. The van der Waals surface area contributed by atoms with E-state index < -0.39 is 6.10 Å². The van der Waals surface area contributed by atoms with Crippen molar-refractivity contribution in [1.82, 2.24) is 20.4 Å². The maximum atomic E-state index is 10.0. The third-order valence-corrected chi connectivity index (χ3v) is 6.76. The zero-order valence-electron chi connectivity index (χ0n) is 21.5. The fraction of sp³-hybridized carbons (Fsp3) is 0.519. The number of anilines is 1. The topological polar surface area (TPSA) is 96.5 Å². The summed E-state index contributed by atoms with van der Waals surface area (Å²) in [7, 11) is 1.80. The summed E-state index contributed by atoms with van der Waals surface area (Å²) < 4.78 is 11.3. The minimum atomic E-state index is -0.581. The average molecular weight is 480 g/mol. The van der Waals surface area contributed by atoms with Crippen molar-refractivity contribution < 1.29 is 14.4 Å². The number of ether oxygens (including phenoxy) is 1. The van der Waals surface area contributed by atoms with Crippen molar-refractivity contribution in [3.8, 4) is 28.4 Å². The standard InChI is InChI=1S/C27H37N5O3/c1-6-20-9-8-12-32(15-20)27-17(2)25(24-18(3)31-35-19(24)4)29-26(30-27)21-10-7-11-23(13-21)34-16-22(33)14-28-5/h7,10-11,13,20,22,28,33H,6,8-9,12,14-16H2,1-5H3/t20-,22?/m1/s1. The molecule has 0 bridgehead atoms. The highest BCUT2D eigenvalue weighted by Crippen LogP contribution is 2.36. The van der Waals surface area contributed by atoms with Crippen LogP contribution >= 0.6 is 0 Å². The molecule has 4 rings (SSSR count). The number of benzene rings is 1. The lowest BCUT2D eigenvalue weighted by Crippen LogP contribution is -2.36. The number of aryl methyl sites for hydroxylation is 2. The smallest absolute Gasteiger partial charge is 0.162 e. The SMILES string of the molecule is CC[C@@H]1CCCN(c2nc(-c3cccc(OCC(O)CNC)c3)nc(-c3c(C)noc3C)c2C)C1. The highest BCUT2D eigenvalue weighted by atomic mass is 16.5. The van der Waals surface area contributed by atoms with E-state index in [1.54, 1.807) is 7.05 Å². The molecule has 0 amide bonds. The first-order valence-electron chi connectivity index (χ1n) is 12.5. The van der Waals surface area contributed by atoms with Crippen molar-refractivity contribution in [1.29, 1.82) is 0 Å².